The molecule has 1 saturated heterocycles. The van der Waals surface area contributed by atoms with Crippen molar-refractivity contribution in [2.45, 2.75) is 13.3 Å². The summed E-state index contributed by atoms with van der Waals surface area (Å²) < 4.78 is 14.1. The maximum Gasteiger partial charge on any atom is 0.334 e. The second-order valence-electron chi connectivity index (χ2n) is 3.86. The minimum atomic E-state index is -0.669. The number of hydrogen-bond donors (Lipinski definition) is 0. The summed E-state index contributed by atoms with van der Waals surface area (Å²) in [4.78, 5) is 34.5. The van der Waals surface area contributed by atoms with Gasteiger partial charge in [-0.1, -0.05) is 6.08 Å². The third-order valence-corrected chi connectivity index (χ3v) is 2.94. The largest absolute Gasteiger partial charge is 0.469 e. The first-order valence-electron chi connectivity index (χ1n) is 5.53. The van der Waals surface area contributed by atoms with Crippen LogP contribution in [-0.4, -0.2) is 38.7 Å². The van der Waals surface area contributed by atoms with Gasteiger partial charge in [-0.05, 0) is 6.92 Å². The van der Waals surface area contributed by atoms with Crippen LogP contribution in [0.25, 0.3) is 0 Å². The van der Waals surface area contributed by atoms with Gasteiger partial charge < -0.3 is 14.2 Å². The van der Waals surface area contributed by atoms with Gasteiger partial charge in [0.2, 0.25) is 0 Å². The second kappa shape index (κ2) is 6.18. The Hall–Kier alpha value is -1.85. The summed E-state index contributed by atoms with van der Waals surface area (Å²) >= 11 is 0. The second-order valence-corrected chi connectivity index (χ2v) is 3.86. The Labute approximate surface area is 105 Å². The third-order valence-electron chi connectivity index (χ3n) is 2.94. The Morgan fingerprint density at radius 1 is 1.39 bits per heavy atom. The number of rotatable bonds is 3. The number of allylic oxidation sites excluding steroid dienone is 1. The van der Waals surface area contributed by atoms with Crippen molar-refractivity contribution >= 4 is 17.9 Å². The van der Waals surface area contributed by atoms with Crippen LogP contribution in [-0.2, 0) is 28.6 Å². The maximum absolute atomic E-state index is 11.6. The molecule has 1 aliphatic rings. The fraction of sp³-hybridized carbons (Fsp3) is 0.583. The van der Waals surface area contributed by atoms with Crippen molar-refractivity contribution in [2.75, 3.05) is 20.8 Å². The number of hydrogen-bond acceptors (Lipinski definition) is 6. The lowest BCUT2D eigenvalue weighted by Crippen LogP contribution is -2.39. The summed E-state index contributed by atoms with van der Waals surface area (Å²) in [6.45, 7) is 1.57. The van der Waals surface area contributed by atoms with E-state index in [-0.39, 0.29) is 13.0 Å². The van der Waals surface area contributed by atoms with Crippen LogP contribution >= 0.6 is 0 Å². The fourth-order valence-corrected chi connectivity index (χ4v) is 1.96. The van der Waals surface area contributed by atoms with Crippen LogP contribution in [0.15, 0.2) is 11.6 Å². The summed E-state index contributed by atoms with van der Waals surface area (Å²) in [7, 11) is 2.51. The summed E-state index contributed by atoms with van der Waals surface area (Å²) in [5.74, 6) is -2.72. The molecule has 1 heterocycles. The predicted octanol–water partition coefficient (Wildman–Crippen LogP) is 0.458. The van der Waals surface area contributed by atoms with Gasteiger partial charge in [-0.2, -0.15) is 0 Å². The number of cyclic esters (lactones) is 1. The summed E-state index contributed by atoms with van der Waals surface area (Å²) in [6, 6.07) is 0. The minimum absolute atomic E-state index is 0.0506. The molecule has 0 spiro atoms. The lowest BCUT2D eigenvalue weighted by molar-refractivity contribution is -0.159. The minimum Gasteiger partial charge on any atom is -0.469 e. The summed E-state index contributed by atoms with van der Waals surface area (Å²) in [6.07, 6.45) is 1.50. The van der Waals surface area contributed by atoms with E-state index in [0.29, 0.717) is 5.57 Å². The molecule has 0 bridgehead atoms. The Balaban J connectivity index is 2.99. The molecule has 6 nitrogen and oxygen atoms in total. The van der Waals surface area contributed by atoms with Crippen molar-refractivity contribution in [1.29, 1.82) is 0 Å². The Morgan fingerprint density at radius 3 is 2.56 bits per heavy atom. The summed E-state index contributed by atoms with van der Waals surface area (Å²) in [5, 5.41) is 0. The van der Waals surface area contributed by atoms with Gasteiger partial charge in [0.1, 0.15) is 6.61 Å². The number of methoxy groups -OCH3 is 2. The molecule has 0 saturated carbocycles. The molecule has 6 heteroatoms. The average molecular weight is 256 g/mol. The van der Waals surface area contributed by atoms with Crippen molar-refractivity contribution in [1.82, 2.24) is 0 Å². The van der Waals surface area contributed by atoms with Crippen molar-refractivity contribution < 1.29 is 28.6 Å². The lowest BCUT2D eigenvalue weighted by atomic mass is 9.81. The van der Waals surface area contributed by atoms with Crippen LogP contribution in [0.5, 0.6) is 0 Å². The van der Waals surface area contributed by atoms with Gasteiger partial charge in [-0.3, -0.25) is 9.59 Å². The van der Waals surface area contributed by atoms with Gasteiger partial charge in [-0.25, -0.2) is 4.79 Å². The molecule has 1 fully saturated rings. The summed E-state index contributed by atoms with van der Waals surface area (Å²) in [5.41, 5.74) is 0.307. The predicted molar refractivity (Wildman–Crippen MR) is 60.3 cm³/mol. The molecule has 0 aromatic rings. The molecule has 0 unspecified atom stereocenters. The number of carbonyl (C=O) groups is 3. The van der Waals surface area contributed by atoms with Crippen LogP contribution in [0.2, 0.25) is 0 Å². The van der Waals surface area contributed by atoms with Crippen LogP contribution in [0.4, 0.5) is 0 Å². The lowest BCUT2D eigenvalue weighted by Gasteiger charge is -2.30. The number of ether oxygens (including phenoxy) is 3. The third kappa shape index (κ3) is 2.88. The number of carbonyl (C=O) groups excluding carboxylic acids is 3. The fourth-order valence-electron chi connectivity index (χ4n) is 1.96. The zero-order valence-electron chi connectivity index (χ0n) is 10.6. The van der Waals surface area contributed by atoms with Crippen LogP contribution < -0.4 is 0 Å². The zero-order valence-corrected chi connectivity index (χ0v) is 10.6. The number of esters is 3. The van der Waals surface area contributed by atoms with Crippen LogP contribution in [0.3, 0.4) is 0 Å². The Bertz CT molecular complexity index is 384. The quantitative estimate of drug-likeness (QED) is 0.414. The van der Waals surface area contributed by atoms with Gasteiger partial charge >= 0.3 is 17.9 Å². The molecule has 0 aliphatic carbocycles. The van der Waals surface area contributed by atoms with Crippen molar-refractivity contribution in [3.63, 3.8) is 0 Å². The van der Waals surface area contributed by atoms with Crippen molar-refractivity contribution in [3.8, 4) is 0 Å². The molecule has 100 valence electrons. The van der Waals surface area contributed by atoms with E-state index >= 15 is 0 Å². The molecule has 0 aromatic carbocycles. The average Bonchev–Trinajstić information content (AvgIpc) is 2.38. The highest BCUT2D eigenvalue weighted by molar-refractivity contribution is 5.93. The van der Waals surface area contributed by atoms with Gasteiger partial charge in [0.15, 0.2) is 0 Å². The maximum atomic E-state index is 11.6. The monoisotopic (exact) mass is 256 g/mol. The molecule has 18 heavy (non-hydrogen) atoms. The molecular formula is C12H16O6. The molecule has 0 radical (unpaired) electrons. The highest BCUT2D eigenvalue weighted by atomic mass is 16.5. The van der Waals surface area contributed by atoms with E-state index in [4.69, 9.17) is 4.74 Å². The van der Waals surface area contributed by atoms with E-state index < -0.39 is 29.7 Å². The van der Waals surface area contributed by atoms with Crippen molar-refractivity contribution in [3.05, 3.63) is 11.6 Å². The van der Waals surface area contributed by atoms with E-state index in [1.807, 2.05) is 0 Å². The topological polar surface area (TPSA) is 78.9 Å². The van der Waals surface area contributed by atoms with Gasteiger partial charge in [0.05, 0.1) is 26.6 Å². The highest BCUT2D eigenvalue weighted by Crippen LogP contribution is 2.31. The first-order chi connectivity index (χ1) is 8.54. The SMILES string of the molecule is CC=C1C(=O)OC[C@H](C(=O)OC)[C@H]1CC(=O)OC. The van der Waals surface area contributed by atoms with Gasteiger partial charge in [0, 0.05) is 11.5 Å². The Kier molecular flexibility index (Phi) is 4.88. The van der Waals surface area contributed by atoms with Gasteiger partial charge in [0.25, 0.3) is 0 Å². The van der Waals surface area contributed by atoms with Gasteiger partial charge in [-0.15, -0.1) is 0 Å². The molecule has 0 amide bonds. The van der Waals surface area contributed by atoms with E-state index in [0.717, 1.165) is 0 Å². The molecule has 2 atom stereocenters. The van der Waals surface area contributed by atoms with E-state index in [9.17, 15) is 14.4 Å². The van der Waals surface area contributed by atoms with E-state index in [1.165, 1.54) is 14.2 Å². The molecule has 0 N–H and O–H groups in total. The highest BCUT2D eigenvalue weighted by Gasteiger charge is 2.41. The molecular weight excluding hydrogens is 240 g/mol. The zero-order chi connectivity index (χ0) is 13.7. The normalized spacial score (nSPS) is 25.5. The first-order valence-corrected chi connectivity index (χ1v) is 5.53. The molecule has 1 aliphatic heterocycles. The van der Waals surface area contributed by atoms with Crippen LogP contribution in [0.1, 0.15) is 13.3 Å². The molecule has 0 aromatic heterocycles. The van der Waals surface area contributed by atoms with E-state index in [1.54, 1.807) is 13.0 Å². The molecule has 1 rings (SSSR count). The van der Waals surface area contributed by atoms with Crippen LogP contribution in [0, 0.1) is 11.8 Å². The Morgan fingerprint density at radius 2 is 2.06 bits per heavy atom. The first kappa shape index (κ1) is 14.2. The van der Waals surface area contributed by atoms with Crippen molar-refractivity contribution in [2.24, 2.45) is 11.8 Å². The smallest absolute Gasteiger partial charge is 0.334 e. The van der Waals surface area contributed by atoms with E-state index in [2.05, 4.69) is 9.47 Å². The standard InChI is InChI=1S/C12H16O6/c1-4-7-8(5-10(13)16-2)9(11(14)17-3)6-18-12(7)15/h4,8-9H,5-6H2,1-3H3/t8-,9-/m0/s1.